The molecule has 34 heavy (non-hydrogen) atoms. The van der Waals surface area contributed by atoms with Crippen LogP contribution < -0.4 is 24.4 Å². The van der Waals surface area contributed by atoms with Gasteiger partial charge in [0.1, 0.15) is 12.4 Å². The van der Waals surface area contributed by atoms with E-state index in [0.717, 1.165) is 5.56 Å². The molecular weight excluding hydrogens is 434 g/mol. The van der Waals surface area contributed by atoms with Crippen molar-refractivity contribution in [2.75, 3.05) is 37.9 Å². The van der Waals surface area contributed by atoms with Crippen molar-refractivity contribution in [3.05, 3.63) is 60.7 Å². The number of para-hydroxylation sites is 1. The van der Waals surface area contributed by atoms with Gasteiger partial charge in [-0.05, 0) is 38.6 Å². The lowest BCUT2D eigenvalue weighted by Gasteiger charge is -2.28. The number of ether oxygens (including phenoxy) is 3. The zero-order valence-electron chi connectivity index (χ0n) is 20.1. The first-order valence-corrected chi connectivity index (χ1v) is 11.4. The molecule has 0 saturated heterocycles. The minimum atomic E-state index is -0.142. The van der Waals surface area contributed by atoms with Crippen LogP contribution in [-0.4, -0.2) is 55.8 Å². The van der Waals surface area contributed by atoms with E-state index in [1.807, 2.05) is 56.0 Å². The fourth-order valence-electron chi connectivity index (χ4n) is 3.60. The Bertz CT molecular complexity index is 1010. The standard InChI is InChI=1S/C26H33N3O5/c1-5-13-32-22-10-8-7-9-20(22)15-29(21-11-12-23-24(14-21)34-18-33-23)26(31)17-28(6-2)16-25(30)27-19(3)4/h5,7-12,14,19H,1,6,13,15-18H2,2-4H3,(H,27,30). The summed E-state index contributed by atoms with van der Waals surface area (Å²) in [6.07, 6.45) is 1.68. The van der Waals surface area contributed by atoms with Crippen molar-refractivity contribution in [2.24, 2.45) is 0 Å². The van der Waals surface area contributed by atoms with Crippen LogP contribution in [0.15, 0.2) is 55.1 Å². The number of likely N-dealkylation sites (N-methyl/N-ethyl adjacent to an activating group) is 1. The fourth-order valence-corrected chi connectivity index (χ4v) is 3.60. The van der Waals surface area contributed by atoms with Crippen LogP contribution in [0.1, 0.15) is 26.3 Å². The molecule has 1 heterocycles. The van der Waals surface area contributed by atoms with Gasteiger partial charge >= 0.3 is 0 Å². The van der Waals surface area contributed by atoms with E-state index in [0.29, 0.717) is 42.6 Å². The van der Waals surface area contributed by atoms with E-state index in [4.69, 9.17) is 14.2 Å². The Morgan fingerprint density at radius 3 is 2.65 bits per heavy atom. The highest BCUT2D eigenvalue weighted by atomic mass is 16.7. The molecule has 2 aromatic carbocycles. The molecule has 0 spiro atoms. The van der Waals surface area contributed by atoms with Gasteiger partial charge in [0.05, 0.1) is 19.6 Å². The van der Waals surface area contributed by atoms with Gasteiger partial charge in [-0.3, -0.25) is 14.5 Å². The molecular formula is C26H33N3O5. The normalized spacial score (nSPS) is 12.0. The van der Waals surface area contributed by atoms with Gasteiger partial charge in [0, 0.05) is 23.4 Å². The molecule has 0 atom stereocenters. The number of anilines is 1. The molecule has 0 radical (unpaired) electrons. The Hall–Kier alpha value is -3.52. The molecule has 2 aromatic rings. The maximum atomic E-state index is 13.6. The molecule has 1 aliphatic rings. The van der Waals surface area contributed by atoms with Crippen LogP contribution >= 0.6 is 0 Å². The molecule has 182 valence electrons. The maximum absolute atomic E-state index is 13.6. The second-order valence-electron chi connectivity index (χ2n) is 8.25. The molecule has 0 unspecified atom stereocenters. The molecule has 0 bridgehead atoms. The quantitative estimate of drug-likeness (QED) is 0.482. The lowest BCUT2D eigenvalue weighted by atomic mass is 10.1. The number of nitrogens with one attached hydrogen (secondary N) is 1. The molecule has 2 amide bonds. The van der Waals surface area contributed by atoms with Crippen molar-refractivity contribution in [2.45, 2.75) is 33.4 Å². The number of carbonyl (C=O) groups excluding carboxylic acids is 2. The van der Waals surface area contributed by atoms with Crippen molar-refractivity contribution in [3.63, 3.8) is 0 Å². The monoisotopic (exact) mass is 467 g/mol. The van der Waals surface area contributed by atoms with Gasteiger partial charge in [0.25, 0.3) is 0 Å². The Balaban J connectivity index is 1.85. The van der Waals surface area contributed by atoms with E-state index in [1.54, 1.807) is 23.1 Å². The number of rotatable bonds is 12. The predicted octanol–water partition coefficient (Wildman–Crippen LogP) is 3.36. The summed E-state index contributed by atoms with van der Waals surface area (Å²) in [7, 11) is 0. The van der Waals surface area contributed by atoms with Crippen molar-refractivity contribution in [1.29, 1.82) is 0 Å². The molecule has 0 fully saturated rings. The van der Waals surface area contributed by atoms with Crippen molar-refractivity contribution >= 4 is 17.5 Å². The summed E-state index contributed by atoms with van der Waals surface area (Å²) < 4.78 is 16.8. The molecule has 1 aliphatic heterocycles. The van der Waals surface area contributed by atoms with Crippen LogP contribution in [0.25, 0.3) is 0 Å². The minimum absolute atomic E-state index is 0.0408. The molecule has 8 heteroatoms. The molecule has 1 N–H and O–H groups in total. The molecule has 8 nitrogen and oxygen atoms in total. The van der Waals surface area contributed by atoms with Gasteiger partial charge in [0.15, 0.2) is 11.5 Å². The first-order chi connectivity index (χ1) is 16.4. The number of carbonyl (C=O) groups is 2. The average molecular weight is 468 g/mol. The van der Waals surface area contributed by atoms with Gasteiger partial charge in [0.2, 0.25) is 18.6 Å². The smallest absolute Gasteiger partial charge is 0.241 e. The first-order valence-electron chi connectivity index (χ1n) is 11.4. The zero-order chi connectivity index (χ0) is 24.5. The average Bonchev–Trinajstić information content (AvgIpc) is 3.28. The van der Waals surface area contributed by atoms with E-state index in [1.165, 1.54) is 0 Å². The SMILES string of the molecule is C=CCOc1ccccc1CN(C(=O)CN(CC)CC(=O)NC(C)C)c1ccc2c(c1)OCO2. The summed E-state index contributed by atoms with van der Waals surface area (Å²) in [5, 5.41) is 2.88. The minimum Gasteiger partial charge on any atom is -0.489 e. The van der Waals surface area contributed by atoms with Gasteiger partial charge in [-0.25, -0.2) is 0 Å². The van der Waals surface area contributed by atoms with Gasteiger partial charge in [-0.2, -0.15) is 0 Å². The first kappa shape index (κ1) is 25.1. The molecule has 0 aliphatic carbocycles. The van der Waals surface area contributed by atoms with E-state index in [9.17, 15) is 9.59 Å². The summed E-state index contributed by atoms with van der Waals surface area (Å²) in [5.74, 6) is 1.67. The molecule has 0 saturated carbocycles. The Labute approximate surface area is 201 Å². The lowest BCUT2D eigenvalue weighted by Crippen LogP contribution is -2.45. The number of fused-ring (bicyclic) bond motifs is 1. The number of hydrogen-bond acceptors (Lipinski definition) is 6. The second-order valence-corrected chi connectivity index (χ2v) is 8.25. The number of benzene rings is 2. The van der Waals surface area contributed by atoms with Crippen molar-refractivity contribution in [3.8, 4) is 17.2 Å². The predicted molar refractivity (Wildman–Crippen MR) is 131 cm³/mol. The van der Waals surface area contributed by atoms with Crippen molar-refractivity contribution in [1.82, 2.24) is 10.2 Å². The molecule has 0 aromatic heterocycles. The Kier molecular flexibility index (Phi) is 8.93. The lowest BCUT2D eigenvalue weighted by molar-refractivity contribution is -0.124. The zero-order valence-corrected chi connectivity index (χ0v) is 20.1. The van der Waals surface area contributed by atoms with Crippen LogP contribution in [0.5, 0.6) is 17.2 Å². The number of nitrogens with zero attached hydrogens (tertiary/aromatic N) is 2. The van der Waals surface area contributed by atoms with Crippen LogP contribution in [0.2, 0.25) is 0 Å². The highest BCUT2D eigenvalue weighted by molar-refractivity contribution is 5.95. The van der Waals surface area contributed by atoms with Gasteiger partial charge in [-0.15, -0.1) is 0 Å². The van der Waals surface area contributed by atoms with Gasteiger partial charge in [-0.1, -0.05) is 37.8 Å². The topological polar surface area (TPSA) is 80.3 Å². The van der Waals surface area contributed by atoms with Crippen LogP contribution in [0.3, 0.4) is 0 Å². The Morgan fingerprint density at radius 2 is 1.91 bits per heavy atom. The van der Waals surface area contributed by atoms with Crippen LogP contribution in [0, 0.1) is 0 Å². The summed E-state index contributed by atoms with van der Waals surface area (Å²) in [5.41, 5.74) is 1.53. The van der Waals surface area contributed by atoms with E-state index in [2.05, 4.69) is 11.9 Å². The van der Waals surface area contributed by atoms with Crippen LogP contribution in [-0.2, 0) is 16.1 Å². The maximum Gasteiger partial charge on any atom is 0.241 e. The largest absolute Gasteiger partial charge is 0.489 e. The van der Waals surface area contributed by atoms with E-state index >= 15 is 0 Å². The second kappa shape index (κ2) is 12.1. The van der Waals surface area contributed by atoms with E-state index < -0.39 is 0 Å². The summed E-state index contributed by atoms with van der Waals surface area (Å²) in [6.45, 7) is 11.1. The van der Waals surface area contributed by atoms with E-state index in [-0.39, 0.29) is 37.7 Å². The van der Waals surface area contributed by atoms with Crippen LogP contribution in [0.4, 0.5) is 5.69 Å². The summed E-state index contributed by atoms with van der Waals surface area (Å²) in [4.78, 5) is 29.3. The summed E-state index contributed by atoms with van der Waals surface area (Å²) in [6, 6.07) is 13.1. The molecule has 3 rings (SSSR count). The fraction of sp³-hybridized carbons (Fsp3) is 0.385. The third-order valence-corrected chi connectivity index (χ3v) is 5.25. The van der Waals surface area contributed by atoms with Gasteiger partial charge < -0.3 is 24.4 Å². The highest BCUT2D eigenvalue weighted by Crippen LogP contribution is 2.36. The summed E-state index contributed by atoms with van der Waals surface area (Å²) >= 11 is 0. The number of hydrogen-bond donors (Lipinski definition) is 1. The Morgan fingerprint density at radius 1 is 1.15 bits per heavy atom. The third-order valence-electron chi connectivity index (χ3n) is 5.25. The number of amides is 2. The third kappa shape index (κ3) is 6.74. The highest BCUT2D eigenvalue weighted by Gasteiger charge is 2.24. The van der Waals surface area contributed by atoms with Crippen molar-refractivity contribution < 1.29 is 23.8 Å².